The van der Waals surface area contributed by atoms with Crippen LogP contribution in [-0.2, 0) is 0 Å². The average Bonchev–Trinajstić information content (AvgIpc) is 2.37. The van der Waals surface area contributed by atoms with Crippen LogP contribution in [0.5, 0.6) is 0 Å². The van der Waals surface area contributed by atoms with E-state index in [4.69, 9.17) is 11.6 Å². The van der Waals surface area contributed by atoms with Crippen molar-refractivity contribution in [2.24, 2.45) is 0 Å². The molecule has 2 rings (SSSR count). The predicted octanol–water partition coefficient (Wildman–Crippen LogP) is 3.86. The second-order valence-corrected chi connectivity index (χ2v) is 5.41. The van der Waals surface area contributed by atoms with E-state index in [2.05, 4.69) is 39.2 Å². The van der Waals surface area contributed by atoms with Gasteiger partial charge in [0, 0.05) is 31.0 Å². The lowest BCUT2D eigenvalue weighted by atomic mass is 10.1. The lowest BCUT2D eigenvalue weighted by Crippen LogP contribution is -2.10. The van der Waals surface area contributed by atoms with Gasteiger partial charge in [-0.3, -0.25) is 0 Å². The molecule has 2 aromatic rings. The summed E-state index contributed by atoms with van der Waals surface area (Å²) in [7, 11) is 4.06. The van der Waals surface area contributed by atoms with Gasteiger partial charge in [0.25, 0.3) is 0 Å². The summed E-state index contributed by atoms with van der Waals surface area (Å²) in [5.41, 5.74) is 4.24. The second kappa shape index (κ2) is 5.67. The highest BCUT2D eigenvalue weighted by atomic mass is 35.5. The highest BCUT2D eigenvalue weighted by Crippen LogP contribution is 2.27. The number of halogens is 1. The molecule has 0 saturated heterocycles. The molecule has 1 N–H and O–H groups in total. The first-order valence-corrected chi connectivity index (χ1v) is 6.82. The smallest absolute Gasteiger partial charge is 0.138 e. The minimum atomic E-state index is 0.486. The number of anilines is 3. The van der Waals surface area contributed by atoms with E-state index in [1.165, 1.54) is 11.3 Å². The van der Waals surface area contributed by atoms with Crippen LogP contribution in [0.1, 0.15) is 17.0 Å². The van der Waals surface area contributed by atoms with Crippen LogP contribution >= 0.6 is 11.6 Å². The van der Waals surface area contributed by atoms with Crippen molar-refractivity contribution in [3.63, 3.8) is 0 Å². The summed E-state index contributed by atoms with van der Waals surface area (Å²) in [4.78, 5) is 10.6. The SMILES string of the molecule is Cc1nc(Cl)c(C)c(Nc2ccc(C)c(N(C)C)c2)n1. The van der Waals surface area contributed by atoms with Gasteiger partial charge in [-0.05, 0) is 38.5 Å². The molecule has 0 aliphatic rings. The zero-order valence-corrected chi connectivity index (χ0v) is 13.2. The number of nitrogens with one attached hydrogen (secondary N) is 1. The lowest BCUT2D eigenvalue weighted by molar-refractivity contribution is 1.04. The van der Waals surface area contributed by atoms with Crippen molar-refractivity contribution < 1.29 is 0 Å². The number of nitrogens with zero attached hydrogens (tertiary/aromatic N) is 3. The van der Waals surface area contributed by atoms with Gasteiger partial charge in [0.1, 0.15) is 16.8 Å². The van der Waals surface area contributed by atoms with Crippen molar-refractivity contribution in [3.05, 3.63) is 40.3 Å². The molecule has 0 bridgehead atoms. The summed E-state index contributed by atoms with van der Waals surface area (Å²) in [5.74, 6) is 1.40. The van der Waals surface area contributed by atoms with Crippen LogP contribution in [0.25, 0.3) is 0 Å². The molecule has 4 nitrogen and oxygen atoms in total. The molecular weight excluding hydrogens is 272 g/mol. The van der Waals surface area contributed by atoms with Gasteiger partial charge in [-0.1, -0.05) is 17.7 Å². The lowest BCUT2D eigenvalue weighted by Gasteiger charge is -2.18. The molecule has 0 fully saturated rings. The van der Waals surface area contributed by atoms with Gasteiger partial charge < -0.3 is 10.2 Å². The van der Waals surface area contributed by atoms with Gasteiger partial charge in [-0.2, -0.15) is 0 Å². The van der Waals surface area contributed by atoms with Crippen molar-refractivity contribution in [2.75, 3.05) is 24.3 Å². The van der Waals surface area contributed by atoms with Gasteiger partial charge >= 0.3 is 0 Å². The summed E-state index contributed by atoms with van der Waals surface area (Å²) < 4.78 is 0. The second-order valence-electron chi connectivity index (χ2n) is 5.06. The summed E-state index contributed by atoms with van der Waals surface area (Å²) in [5, 5.41) is 3.80. The zero-order chi connectivity index (χ0) is 14.9. The highest BCUT2D eigenvalue weighted by molar-refractivity contribution is 6.30. The van der Waals surface area contributed by atoms with Crippen LogP contribution in [0, 0.1) is 20.8 Å². The Morgan fingerprint density at radius 1 is 1.10 bits per heavy atom. The van der Waals surface area contributed by atoms with Crippen molar-refractivity contribution in [2.45, 2.75) is 20.8 Å². The summed E-state index contributed by atoms with van der Waals surface area (Å²) >= 11 is 6.09. The van der Waals surface area contributed by atoms with E-state index >= 15 is 0 Å². The maximum absolute atomic E-state index is 6.09. The van der Waals surface area contributed by atoms with E-state index in [-0.39, 0.29) is 0 Å². The van der Waals surface area contributed by atoms with Gasteiger partial charge in [-0.25, -0.2) is 9.97 Å². The topological polar surface area (TPSA) is 41.1 Å². The maximum Gasteiger partial charge on any atom is 0.138 e. The summed E-state index contributed by atoms with van der Waals surface area (Å²) in [6.45, 7) is 5.83. The fraction of sp³-hybridized carbons (Fsp3) is 0.333. The van der Waals surface area contributed by atoms with Crippen LogP contribution in [-0.4, -0.2) is 24.1 Å². The Morgan fingerprint density at radius 3 is 2.45 bits per heavy atom. The fourth-order valence-corrected chi connectivity index (χ4v) is 2.23. The largest absolute Gasteiger partial charge is 0.377 e. The predicted molar refractivity (Wildman–Crippen MR) is 85.3 cm³/mol. The van der Waals surface area contributed by atoms with Crippen molar-refractivity contribution >= 4 is 28.8 Å². The monoisotopic (exact) mass is 290 g/mol. The fourth-order valence-electron chi connectivity index (χ4n) is 2.02. The quantitative estimate of drug-likeness (QED) is 0.872. The van der Waals surface area contributed by atoms with E-state index in [1.54, 1.807) is 0 Å². The summed E-state index contributed by atoms with van der Waals surface area (Å²) in [6.07, 6.45) is 0. The van der Waals surface area contributed by atoms with E-state index in [0.29, 0.717) is 11.0 Å². The number of hydrogen-bond donors (Lipinski definition) is 1. The standard InChI is InChI=1S/C15H19ClN4/c1-9-6-7-12(8-13(9)20(4)5)19-15-10(2)14(16)17-11(3)18-15/h6-8H,1-5H3,(H,17,18,19). The Labute approximate surface area is 124 Å². The Hall–Kier alpha value is -1.81. The van der Waals surface area contributed by atoms with Gasteiger partial charge in [0.2, 0.25) is 0 Å². The number of benzene rings is 1. The van der Waals surface area contributed by atoms with Crippen molar-refractivity contribution in [3.8, 4) is 0 Å². The zero-order valence-electron chi connectivity index (χ0n) is 12.5. The Kier molecular flexibility index (Phi) is 4.14. The Bertz CT molecular complexity index is 638. The van der Waals surface area contributed by atoms with Crippen molar-refractivity contribution in [1.82, 2.24) is 9.97 Å². The molecule has 1 heterocycles. The Balaban J connectivity index is 2.38. The van der Waals surface area contributed by atoms with Crippen LogP contribution < -0.4 is 10.2 Å². The van der Waals surface area contributed by atoms with E-state index in [9.17, 15) is 0 Å². The first-order chi connectivity index (χ1) is 9.38. The molecule has 1 aromatic carbocycles. The first kappa shape index (κ1) is 14.6. The van der Waals surface area contributed by atoms with Crippen LogP contribution in [0.3, 0.4) is 0 Å². The molecule has 0 spiro atoms. The number of hydrogen-bond acceptors (Lipinski definition) is 4. The molecule has 1 aromatic heterocycles. The molecular formula is C15H19ClN4. The molecule has 106 valence electrons. The van der Waals surface area contributed by atoms with Crippen LogP contribution in [0.15, 0.2) is 18.2 Å². The number of aryl methyl sites for hydroxylation is 2. The minimum absolute atomic E-state index is 0.486. The van der Waals surface area contributed by atoms with Gasteiger partial charge in [-0.15, -0.1) is 0 Å². The molecule has 0 saturated carbocycles. The Morgan fingerprint density at radius 2 is 1.80 bits per heavy atom. The third kappa shape index (κ3) is 3.02. The van der Waals surface area contributed by atoms with E-state index in [1.807, 2.05) is 34.0 Å². The first-order valence-electron chi connectivity index (χ1n) is 6.44. The third-order valence-electron chi connectivity index (χ3n) is 3.15. The third-order valence-corrected chi connectivity index (χ3v) is 3.52. The maximum atomic E-state index is 6.09. The molecule has 0 amide bonds. The van der Waals surface area contributed by atoms with Crippen molar-refractivity contribution in [1.29, 1.82) is 0 Å². The molecule has 0 aliphatic heterocycles. The molecule has 5 heteroatoms. The molecule has 0 unspecified atom stereocenters. The number of aromatic nitrogens is 2. The van der Waals surface area contributed by atoms with Gasteiger partial charge in [0.05, 0.1) is 0 Å². The highest BCUT2D eigenvalue weighted by Gasteiger charge is 2.09. The number of rotatable bonds is 3. The normalized spacial score (nSPS) is 10.5. The van der Waals surface area contributed by atoms with Gasteiger partial charge in [0.15, 0.2) is 0 Å². The molecule has 0 radical (unpaired) electrons. The minimum Gasteiger partial charge on any atom is -0.377 e. The summed E-state index contributed by atoms with van der Waals surface area (Å²) in [6, 6.07) is 6.22. The average molecular weight is 291 g/mol. The van der Waals surface area contributed by atoms with Crippen LogP contribution in [0.4, 0.5) is 17.2 Å². The van der Waals surface area contributed by atoms with E-state index < -0.39 is 0 Å². The van der Waals surface area contributed by atoms with E-state index in [0.717, 1.165) is 17.1 Å². The molecule has 0 aliphatic carbocycles. The van der Waals surface area contributed by atoms with Crippen LogP contribution in [0.2, 0.25) is 5.15 Å². The molecule has 0 atom stereocenters. The molecule has 20 heavy (non-hydrogen) atoms.